The topological polar surface area (TPSA) is 56.5 Å². The van der Waals surface area contributed by atoms with Crippen molar-refractivity contribution in [3.8, 4) is 0 Å². The minimum absolute atomic E-state index is 0.0101. The van der Waals surface area contributed by atoms with Crippen molar-refractivity contribution in [3.05, 3.63) is 70.5 Å². The summed E-state index contributed by atoms with van der Waals surface area (Å²) < 4.78 is 102. The number of ether oxygens (including phenoxy) is 2. The van der Waals surface area contributed by atoms with Crippen LogP contribution in [0.4, 0.5) is 30.7 Å². The molecule has 1 aliphatic heterocycles. The summed E-state index contributed by atoms with van der Waals surface area (Å²) in [6.45, 7) is 0.574. The van der Waals surface area contributed by atoms with Gasteiger partial charge in [-0.25, -0.2) is 4.39 Å². The zero-order valence-electron chi connectivity index (χ0n) is 15.2. The van der Waals surface area contributed by atoms with Crippen molar-refractivity contribution < 1.29 is 40.2 Å². The molecule has 0 spiro atoms. The maximum Gasteiger partial charge on any atom is 0.416 e. The zero-order valence-corrected chi connectivity index (χ0v) is 15.2. The van der Waals surface area contributed by atoms with Crippen LogP contribution in [0.3, 0.4) is 0 Å². The molecule has 1 saturated heterocycles. The molecule has 3 N–H and O–H groups in total. The highest BCUT2D eigenvalue weighted by molar-refractivity contribution is 5.34. The van der Waals surface area contributed by atoms with Gasteiger partial charge in [-0.05, 0) is 41.5 Å². The molecule has 3 atom stereocenters. The lowest BCUT2D eigenvalue weighted by Gasteiger charge is -2.34. The number of hydrogen-bond donors (Lipinski definition) is 2. The summed E-state index contributed by atoms with van der Waals surface area (Å²) in [4.78, 5) is 0. The first-order valence-electron chi connectivity index (χ1n) is 8.76. The highest BCUT2D eigenvalue weighted by Crippen LogP contribution is 2.38. The van der Waals surface area contributed by atoms with E-state index in [1.807, 2.05) is 0 Å². The fourth-order valence-corrected chi connectivity index (χ4v) is 3.01. The molecule has 1 fully saturated rings. The van der Waals surface area contributed by atoms with E-state index >= 15 is 0 Å². The Hall–Kier alpha value is -2.21. The Bertz CT molecular complexity index is 836. The predicted molar refractivity (Wildman–Crippen MR) is 91.3 cm³/mol. The number of halogens is 7. The van der Waals surface area contributed by atoms with Crippen LogP contribution >= 0.6 is 0 Å². The van der Waals surface area contributed by atoms with Gasteiger partial charge < -0.3 is 20.5 Å². The van der Waals surface area contributed by atoms with Gasteiger partial charge in [0.2, 0.25) is 0 Å². The molecule has 0 radical (unpaired) electrons. The van der Waals surface area contributed by atoms with Gasteiger partial charge in [0.15, 0.2) is 6.29 Å². The molecular weight excluding hydrogens is 421 g/mol. The Labute approximate surface area is 166 Å². The number of rotatable bonds is 4. The van der Waals surface area contributed by atoms with Crippen molar-refractivity contribution >= 4 is 0 Å². The second-order valence-corrected chi connectivity index (χ2v) is 6.62. The normalized spacial score (nSPS) is 21.5. The van der Waals surface area contributed by atoms with Gasteiger partial charge in [0.1, 0.15) is 12.0 Å². The SMILES string of the molecule is NC(OC1OCCNC1c1ccc(F)cc1)c1cc(C(F)(F)F)cc(C(F)(F)F)c1. The molecule has 0 aromatic heterocycles. The molecular formula is C19H17F7N2O2. The van der Waals surface area contributed by atoms with Crippen molar-refractivity contribution in [2.75, 3.05) is 13.2 Å². The standard InChI is InChI=1S/C19H17F7N2O2/c20-14-3-1-10(2-4-14)15-17(29-6-5-28-15)30-16(27)11-7-12(18(21,22)23)9-13(8-11)19(24,25)26/h1-4,7-9,15-17,28H,5-6,27H2. The molecule has 0 aliphatic carbocycles. The van der Waals surface area contributed by atoms with Crippen LogP contribution in [0.25, 0.3) is 0 Å². The lowest BCUT2D eigenvalue weighted by atomic mass is 10.0. The van der Waals surface area contributed by atoms with Crippen LogP contribution in [-0.2, 0) is 21.8 Å². The molecule has 0 amide bonds. The molecule has 1 aliphatic rings. The summed E-state index contributed by atoms with van der Waals surface area (Å²) in [5.41, 5.74) is 2.84. The van der Waals surface area contributed by atoms with Crippen molar-refractivity contribution in [1.82, 2.24) is 5.32 Å². The second kappa shape index (κ2) is 8.50. The summed E-state index contributed by atoms with van der Waals surface area (Å²) in [5.74, 6) is -0.478. The average Bonchev–Trinajstić information content (AvgIpc) is 2.67. The highest BCUT2D eigenvalue weighted by atomic mass is 19.4. The van der Waals surface area contributed by atoms with Crippen molar-refractivity contribution in [2.45, 2.75) is 30.9 Å². The predicted octanol–water partition coefficient (Wildman–Crippen LogP) is 4.52. The summed E-state index contributed by atoms with van der Waals surface area (Å²) in [6.07, 6.45) is -12.8. The van der Waals surface area contributed by atoms with Crippen LogP contribution in [-0.4, -0.2) is 19.4 Å². The lowest BCUT2D eigenvalue weighted by molar-refractivity contribution is -0.202. The molecule has 1 heterocycles. The van der Waals surface area contributed by atoms with Gasteiger partial charge in [0.25, 0.3) is 0 Å². The van der Waals surface area contributed by atoms with E-state index in [9.17, 15) is 30.7 Å². The number of nitrogens with one attached hydrogen (secondary N) is 1. The molecule has 0 bridgehead atoms. The van der Waals surface area contributed by atoms with Crippen molar-refractivity contribution in [2.24, 2.45) is 5.73 Å². The van der Waals surface area contributed by atoms with E-state index in [0.717, 1.165) is 0 Å². The van der Waals surface area contributed by atoms with Gasteiger partial charge in [0.05, 0.1) is 23.8 Å². The van der Waals surface area contributed by atoms with Gasteiger partial charge in [-0.1, -0.05) is 12.1 Å². The number of alkyl halides is 6. The van der Waals surface area contributed by atoms with Crippen molar-refractivity contribution in [3.63, 3.8) is 0 Å². The maximum absolute atomic E-state index is 13.2. The molecule has 11 heteroatoms. The molecule has 2 aromatic carbocycles. The second-order valence-electron chi connectivity index (χ2n) is 6.62. The molecule has 3 unspecified atom stereocenters. The third kappa shape index (κ3) is 5.28. The quantitative estimate of drug-likeness (QED) is 0.544. The van der Waals surface area contributed by atoms with Gasteiger partial charge in [-0.15, -0.1) is 0 Å². The number of benzene rings is 2. The van der Waals surface area contributed by atoms with Crippen molar-refractivity contribution in [1.29, 1.82) is 0 Å². The summed E-state index contributed by atoms with van der Waals surface area (Å²) in [6, 6.07) is 5.67. The van der Waals surface area contributed by atoms with E-state index in [1.54, 1.807) is 0 Å². The zero-order chi connectivity index (χ0) is 22.1. The van der Waals surface area contributed by atoms with E-state index in [0.29, 0.717) is 24.2 Å². The van der Waals surface area contributed by atoms with Crippen LogP contribution < -0.4 is 11.1 Å². The Balaban J connectivity index is 1.88. The first-order valence-corrected chi connectivity index (χ1v) is 8.76. The minimum Gasteiger partial charge on any atom is -0.349 e. The molecule has 4 nitrogen and oxygen atoms in total. The van der Waals surface area contributed by atoms with E-state index < -0.39 is 53.4 Å². The maximum atomic E-state index is 13.2. The van der Waals surface area contributed by atoms with E-state index in [4.69, 9.17) is 15.2 Å². The molecule has 30 heavy (non-hydrogen) atoms. The molecule has 0 saturated carbocycles. The molecule has 164 valence electrons. The Morgan fingerprint density at radius 2 is 1.53 bits per heavy atom. The van der Waals surface area contributed by atoms with Gasteiger partial charge in [0, 0.05) is 6.54 Å². The Morgan fingerprint density at radius 3 is 2.07 bits per heavy atom. The molecule has 3 rings (SSSR count). The number of hydrogen-bond acceptors (Lipinski definition) is 4. The van der Waals surface area contributed by atoms with Crippen LogP contribution in [0.2, 0.25) is 0 Å². The van der Waals surface area contributed by atoms with E-state index in [-0.39, 0.29) is 12.7 Å². The lowest BCUT2D eigenvalue weighted by Crippen LogP contribution is -2.44. The fraction of sp³-hybridized carbons (Fsp3) is 0.368. The van der Waals surface area contributed by atoms with E-state index in [2.05, 4.69) is 5.32 Å². The average molecular weight is 438 g/mol. The van der Waals surface area contributed by atoms with Gasteiger partial charge >= 0.3 is 12.4 Å². The molecule has 2 aromatic rings. The first kappa shape index (κ1) is 22.5. The first-order chi connectivity index (χ1) is 13.9. The fourth-order valence-electron chi connectivity index (χ4n) is 3.01. The van der Waals surface area contributed by atoms with E-state index in [1.165, 1.54) is 24.3 Å². The monoisotopic (exact) mass is 438 g/mol. The van der Waals surface area contributed by atoms with Crippen LogP contribution in [0, 0.1) is 5.82 Å². The minimum atomic E-state index is -5.00. The number of nitrogens with two attached hydrogens (primary N) is 1. The third-order valence-electron chi connectivity index (χ3n) is 4.47. The van der Waals surface area contributed by atoms with Crippen LogP contribution in [0.5, 0.6) is 0 Å². The summed E-state index contributed by atoms with van der Waals surface area (Å²) in [7, 11) is 0. The van der Waals surface area contributed by atoms with Crippen LogP contribution in [0.1, 0.15) is 34.5 Å². The Morgan fingerprint density at radius 1 is 0.967 bits per heavy atom. The summed E-state index contributed by atoms with van der Waals surface area (Å²) >= 11 is 0. The van der Waals surface area contributed by atoms with Gasteiger partial charge in [-0.3, -0.25) is 0 Å². The number of morpholine rings is 1. The highest BCUT2D eigenvalue weighted by Gasteiger charge is 2.38. The largest absolute Gasteiger partial charge is 0.416 e. The summed E-state index contributed by atoms with van der Waals surface area (Å²) in [5, 5.41) is 3.05. The smallest absolute Gasteiger partial charge is 0.349 e. The van der Waals surface area contributed by atoms with Crippen LogP contribution in [0.15, 0.2) is 42.5 Å². The third-order valence-corrected chi connectivity index (χ3v) is 4.47. The van der Waals surface area contributed by atoms with Gasteiger partial charge in [-0.2, -0.15) is 26.3 Å². The Kier molecular flexibility index (Phi) is 6.37.